The van der Waals surface area contributed by atoms with Crippen molar-refractivity contribution in [1.82, 2.24) is 14.6 Å². The van der Waals surface area contributed by atoms with Gasteiger partial charge in [0.05, 0.1) is 12.3 Å². The molecule has 0 fully saturated rings. The van der Waals surface area contributed by atoms with Crippen LogP contribution in [-0.4, -0.2) is 14.6 Å². The molecular weight excluding hydrogens is 314 g/mol. The Bertz CT molecular complexity index is 1040. The number of nitrogen functional groups attached to an aromatic ring is 1. The Balaban J connectivity index is 1.56. The Morgan fingerprint density at radius 2 is 2.08 bits per heavy atom. The summed E-state index contributed by atoms with van der Waals surface area (Å²) < 4.78 is 7.33. The third kappa shape index (κ3) is 2.26. The van der Waals surface area contributed by atoms with Gasteiger partial charge in [0.15, 0.2) is 5.65 Å². The van der Waals surface area contributed by atoms with Crippen LogP contribution in [0.2, 0.25) is 0 Å². The topological polar surface area (TPSA) is 81.4 Å². The van der Waals surface area contributed by atoms with Gasteiger partial charge in [0.25, 0.3) is 0 Å². The molecule has 2 unspecified atom stereocenters. The average Bonchev–Trinajstić information content (AvgIpc) is 3.34. The van der Waals surface area contributed by atoms with E-state index in [2.05, 4.69) is 39.7 Å². The number of aromatic nitrogens is 3. The molecular formula is C19H17N5O. The minimum atomic E-state index is 0.118. The first-order valence-corrected chi connectivity index (χ1v) is 8.26. The summed E-state index contributed by atoms with van der Waals surface area (Å²) in [6.07, 6.45) is 4.19. The predicted octanol–water partition coefficient (Wildman–Crippen LogP) is 3.40. The predicted molar refractivity (Wildman–Crippen MR) is 95.4 cm³/mol. The third-order valence-electron chi connectivity index (χ3n) is 4.87. The highest BCUT2D eigenvalue weighted by Crippen LogP contribution is 2.44. The molecule has 0 aliphatic heterocycles. The highest BCUT2D eigenvalue weighted by molar-refractivity contribution is 5.62. The Labute approximate surface area is 144 Å². The molecule has 5 rings (SSSR count). The molecule has 0 saturated heterocycles. The lowest BCUT2D eigenvalue weighted by molar-refractivity contribution is 0.447. The van der Waals surface area contributed by atoms with E-state index in [1.54, 1.807) is 10.8 Å². The summed E-state index contributed by atoms with van der Waals surface area (Å²) in [5.41, 5.74) is 10.4. The van der Waals surface area contributed by atoms with Crippen molar-refractivity contribution in [1.29, 1.82) is 0 Å². The van der Waals surface area contributed by atoms with Crippen LogP contribution in [0.1, 0.15) is 28.8 Å². The van der Waals surface area contributed by atoms with E-state index in [1.165, 1.54) is 17.5 Å². The van der Waals surface area contributed by atoms with E-state index in [1.807, 2.05) is 24.3 Å². The first-order valence-electron chi connectivity index (χ1n) is 8.26. The average molecular weight is 331 g/mol. The summed E-state index contributed by atoms with van der Waals surface area (Å²) in [7, 11) is 0. The normalized spacial score (nSPS) is 19.2. The fourth-order valence-corrected chi connectivity index (χ4v) is 3.75. The van der Waals surface area contributed by atoms with Crippen molar-refractivity contribution in [3.05, 3.63) is 78.0 Å². The minimum Gasteiger partial charge on any atom is -0.469 e. The van der Waals surface area contributed by atoms with Gasteiger partial charge >= 0.3 is 0 Å². The summed E-state index contributed by atoms with van der Waals surface area (Å²) in [5, 5.41) is 7.76. The summed E-state index contributed by atoms with van der Waals surface area (Å²) >= 11 is 0. The first kappa shape index (κ1) is 14.1. The zero-order valence-corrected chi connectivity index (χ0v) is 13.5. The van der Waals surface area contributed by atoms with E-state index in [4.69, 9.17) is 10.2 Å². The fourth-order valence-electron chi connectivity index (χ4n) is 3.75. The van der Waals surface area contributed by atoms with Crippen molar-refractivity contribution in [2.24, 2.45) is 0 Å². The lowest BCUT2D eigenvalue weighted by atomic mass is 9.97. The van der Waals surface area contributed by atoms with E-state index in [0.717, 1.165) is 23.5 Å². The second-order valence-corrected chi connectivity index (χ2v) is 6.35. The summed E-state index contributed by atoms with van der Waals surface area (Å²) in [6.45, 7) is 0. The van der Waals surface area contributed by atoms with Gasteiger partial charge in [-0.05, 0) is 29.7 Å². The van der Waals surface area contributed by atoms with E-state index in [0.29, 0.717) is 5.82 Å². The highest BCUT2D eigenvalue weighted by atomic mass is 16.3. The summed E-state index contributed by atoms with van der Waals surface area (Å²) in [6, 6.07) is 16.5. The van der Waals surface area contributed by atoms with Crippen LogP contribution in [0.5, 0.6) is 0 Å². The van der Waals surface area contributed by atoms with Gasteiger partial charge in [0.2, 0.25) is 0 Å². The van der Waals surface area contributed by atoms with Gasteiger partial charge in [-0.1, -0.05) is 24.3 Å². The van der Waals surface area contributed by atoms with E-state index in [9.17, 15) is 0 Å². The van der Waals surface area contributed by atoms with Crippen LogP contribution in [0.15, 0.2) is 65.5 Å². The van der Waals surface area contributed by atoms with Gasteiger partial charge in [0.1, 0.15) is 17.9 Å². The van der Waals surface area contributed by atoms with Crippen LogP contribution < -0.4 is 11.1 Å². The maximum absolute atomic E-state index is 6.10. The summed E-state index contributed by atoms with van der Waals surface area (Å²) in [4.78, 5) is 4.24. The molecule has 124 valence electrons. The smallest absolute Gasteiger partial charge is 0.159 e. The molecule has 6 nitrogen and oxygen atoms in total. The number of hydrogen-bond acceptors (Lipinski definition) is 5. The lowest BCUT2D eigenvalue weighted by Crippen LogP contribution is -2.15. The number of anilines is 2. The molecule has 4 aromatic rings. The fraction of sp³-hybridized carbons (Fsp3) is 0.158. The molecule has 1 aromatic carbocycles. The van der Waals surface area contributed by atoms with Crippen molar-refractivity contribution in [3.8, 4) is 0 Å². The Hall–Kier alpha value is -3.28. The second kappa shape index (κ2) is 5.37. The number of furan rings is 1. The van der Waals surface area contributed by atoms with Crippen molar-refractivity contribution >= 4 is 17.2 Å². The first-order chi connectivity index (χ1) is 12.3. The van der Waals surface area contributed by atoms with Crippen molar-refractivity contribution in [2.45, 2.75) is 18.4 Å². The molecule has 0 bridgehead atoms. The zero-order chi connectivity index (χ0) is 16.8. The molecule has 2 atom stereocenters. The lowest BCUT2D eigenvalue weighted by Gasteiger charge is -2.22. The molecule has 0 amide bonds. The van der Waals surface area contributed by atoms with Crippen molar-refractivity contribution in [3.63, 3.8) is 0 Å². The monoisotopic (exact) mass is 331 g/mol. The third-order valence-corrected chi connectivity index (χ3v) is 4.87. The molecule has 1 aliphatic carbocycles. The summed E-state index contributed by atoms with van der Waals surface area (Å²) in [5.74, 6) is 1.78. The highest BCUT2D eigenvalue weighted by Gasteiger charge is 2.35. The maximum Gasteiger partial charge on any atom is 0.159 e. The molecule has 1 aliphatic rings. The number of fused-ring (bicyclic) bond motifs is 2. The number of nitrogens with zero attached hydrogens (tertiary/aromatic N) is 3. The molecule has 0 radical (unpaired) electrons. The van der Waals surface area contributed by atoms with Crippen LogP contribution in [0.4, 0.5) is 11.5 Å². The minimum absolute atomic E-state index is 0.118. The van der Waals surface area contributed by atoms with Crippen molar-refractivity contribution < 1.29 is 4.42 Å². The molecule has 0 spiro atoms. The van der Waals surface area contributed by atoms with Gasteiger partial charge in [-0.15, -0.1) is 0 Å². The van der Waals surface area contributed by atoms with E-state index >= 15 is 0 Å². The van der Waals surface area contributed by atoms with Crippen molar-refractivity contribution in [2.75, 3.05) is 11.1 Å². The van der Waals surface area contributed by atoms with Gasteiger partial charge < -0.3 is 15.5 Å². The Kier molecular flexibility index (Phi) is 3.03. The molecule has 0 saturated carbocycles. The number of nitrogens with one attached hydrogen (secondary N) is 1. The Morgan fingerprint density at radius 3 is 2.96 bits per heavy atom. The van der Waals surface area contributed by atoms with Gasteiger partial charge in [-0.3, -0.25) is 0 Å². The maximum atomic E-state index is 6.10. The molecule has 3 N–H and O–H groups in total. The number of hydrogen-bond donors (Lipinski definition) is 2. The second-order valence-electron chi connectivity index (χ2n) is 6.35. The van der Waals surface area contributed by atoms with E-state index < -0.39 is 0 Å². The quantitative estimate of drug-likeness (QED) is 0.601. The molecule has 6 heteroatoms. The van der Waals surface area contributed by atoms with Crippen LogP contribution in [0.3, 0.4) is 0 Å². The van der Waals surface area contributed by atoms with Crippen LogP contribution in [0, 0.1) is 0 Å². The van der Waals surface area contributed by atoms with E-state index in [-0.39, 0.29) is 12.0 Å². The molecule has 25 heavy (non-hydrogen) atoms. The van der Waals surface area contributed by atoms with Crippen LogP contribution in [-0.2, 0) is 6.42 Å². The van der Waals surface area contributed by atoms with Gasteiger partial charge in [-0.25, -0.2) is 4.98 Å². The standard InChI is InChI=1S/C19H17N5O/c20-17-9-13(10-18-21-11-22-24(17)18)23-19-14-5-2-1-4-12(14)8-15(19)16-6-3-7-25-16/h1-7,9-11,15,19,23H,8,20H2. The Morgan fingerprint density at radius 1 is 1.16 bits per heavy atom. The molecule has 3 aromatic heterocycles. The number of pyridine rings is 1. The number of nitrogens with two attached hydrogens (primary N) is 1. The molecule has 3 heterocycles. The van der Waals surface area contributed by atoms with Gasteiger partial charge in [0, 0.05) is 23.7 Å². The SMILES string of the molecule is Nc1cc(NC2c3ccccc3CC2c2ccco2)cc2ncnn12. The largest absolute Gasteiger partial charge is 0.469 e. The van der Waals surface area contributed by atoms with Crippen LogP contribution >= 0.6 is 0 Å². The van der Waals surface area contributed by atoms with Gasteiger partial charge in [-0.2, -0.15) is 9.61 Å². The zero-order valence-electron chi connectivity index (χ0n) is 13.5. The number of rotatable bonds is 3. The number of benzene rings is 1. The van der Waals surface area contributed by atoms with Crippen LogP contribution in [0.25, 0.3) is 5.65 Å².